The molecule has 1 amide bonds. The van der Waals surface area contributed by atoms with E-state index < -0.39 is 0 Å². The van der Waals surface area contributed by atoms with Gasteiger partial charge in [-0.1, -0.05) is 20.3 Å². The molecular formula is C15H30N2O2. The first-order chi connectivity index (χ1) is 9.15. The van der Waals surface area contributed by atoms with Gasteiger partial charge >= 0.3 is 0 Å². The maximum absolute atomic E-state index is 12.0. The molecule has 0 radical (unpaired) electrons. The molecular weight excluding hydrogens is 240 g/mol. The number of ether oxygens (including phenoxy) is 1. The summed E-state index contributed by atoms with van der Waals surface area (Å²) in [6, 6.07) is 0.274. The van der Waals surface area contributed by atoms with Crippen molar-refractivity contribution in [3.63, 3.8) is 0 Å². The summed E-state index contributed by atoms with van der Waals surface area (Å²) in [5.74, 6) is 0.824. The summed E-state index contributed by atoms with van der Waals surface area (Å²) in [5.41, 5.74) is 5.97. The summed E-state index contributed by atoms with van der Waals surface area (Å²) in [4.78, 5) is 12.0. The second-order valence-electron chi connectivity index (χ2n) is 5.76. The minimum atomic E-state index is 0.163. The molecule has 0 aromatic rings. The van der Waals surface area contributed by atoms with Gasteiger partial charge in [0, 0.05) is 31.7 Å². The molecule has 0 aromatic heterocycles. The van der Waals surface area contributed by atoms with E-state index in [0.717, 1.165) is 51.9 Å². The van der Waals surface area contributed by atoms with Crippen molar-refractivity contribution in [2.24, 2.45) is 17.6 Å². The Morgan fingerprint density at radius 3 is 2.74 bits per heavy atom. The molecule has 1 aliphatic rings. The lowest BCUT2D eigenvalue weighted by atomic mass is 9.79. The van der Waals surface area contributed by atoms with Crippen molar-refractivity contribution in [1.82, 2.24) is 5.32 Å². The highest BCUT2D eigenvalue weighted by molar-refractivity contribution is 5.78. The highest BCUT2D eigenvalue weighted by Crippen LogP contribution is 2.27. The smallest absolute Gasteiger partial charge is 0.223 e. The average Bonchev–Trinajstić information content (AvgIpc) is 2.40. The van der Waals surface area contributed by atoms with Crippen LogP contribution in [0.3, 0.4) is 0 Å². The second kappa shape index (κ2) is 9.32. The highest BCUT2D eigenvalue weighted by Gasteiger charge is 2.29. The van der Waals surface area contributed by atoms with Gasteiger partial charge in [0.25, 0.3) is 0 Å². The van der Waals surface area contributed by atoms with Crippen LogP contribution in [0.1, 0.15) is 52.4 Å². The van der Waals surface area contributed by atoms with E-state index in [0.29, 0.717) is 5.92 Å². The first-order valence-corrected chi connectivity index (χ1v) is 7.76. The standard InChI is InChI=1S/C15H30N2O2/c1-3-4-9-19-10-5-8-17-15(18)13-6-7-14(16)12(2)11-13/h12-14H,3-11,16H2,1-2H3,(H,17,18). The molecule has 1 aliphatic carbocycles. The summed E-state index contributed by atoms with van der Waals surface area (Å²) in [6.45, 7) is 6.60. The number of hydrogen-bond acceptors (Lipinski definition) is 3. The van der Waals surface area contributed by atoms with E-state index in [9.17, 15) is 4.79 Å². The van der Waals surface area contributed by atoms with Crippen LogP contribution in [0, 0.1) is 11.8 Å². The van der Waals surface area contributed by atoms with Gasteiger partial charge in [0.1, 0.15) is 0 Å². The van der Waals surface area contributed by atoms with Crippen molar-refractivity contribution in [3.05, 3.63) is 0 Å². The van der Waals surface area contributed by atoms with Gasteiger partial charge in [-0.25, -0.2) is 0 Å². The van der Waals surface area contributed by atoms with E-state index >= 15 is 0 Å². The Morgan fingerprint density at radius 2 is 2.05 bits per heavy atom. The molecule has 0 aromatic carbocycles. The SMILES string of the molecule is CCCCOCCCNC(=O)C1CCC(N)C(C)C1. The lowest BCUT2D eigenvalue weighted by Crippen LogP contribution is -2.40. The summed E-state index contributed by atoms with van der Waals surface area (Å²) < 4.78 is 5.46. The molecule has 4 nitrogen and oxygen atoms in total. The predicted molar refractivity (Wildman–Crippen MR) is 77.8 cm³/mol. The zero-order valence-corrected chi connectivity index (χ0v) is 12.5. The molecule has 0 heterocycles. The van der Waals surface area contributed by atoms with Crippen LogP contribution < -0.4 is 11.1 Å². The molecule has 3 atom stereocenters. The maximum atomic E-state index is 12.0. The van der Waals surface area contributed by atoms with Gasteiger partial charge in [-0.05, 0) is 38.0 Å². The quantitative estimate of drug-likeness (QED) is 0.664. The molecule has 1 fully saturated rings. The van der Waals surface area contributed by atoms with Gasteiger partial charge in [0.2, 0.25) is 5.91 Å². The minimum absolute atomic E-state index is 0.163. The van der Waals surface area contributed by atoms with Crippen LogP contribution in [-0.4, -0.2) is 31.7 Å². The monoisotopic (exact) mass is 270 g/mol. The minimum Gasteiger partial charge on any atom is -0.381 e. The molecule has 0 aliphatic heterocycles. The van der Waals surface area contributed by atoms with Crippen molar-refractivity contribution >= 4 is 5.91 Å². The molecule has 4 heteroatoms. The third kappa shape index (κ3) is 6.39. The first kappa shape index (κ1) is 16.4. The number of hydrogen-bond donors (Lipinski definition) is 2. The van der Waals surface area contributed by atoms with E-state index in [1.165, 1.54) is 6.42 Å². The number of nitrogens with one attached hydrogen (secondary N) is 1. The van der Waals surface area contributed by atoms with Crippen LogP contribution in [0.4, 0.5) is 0 Å². The highest BCUT2D eigenvalue weighted by atomic mass is 16.5. The Hall–Kier alpha value is -0.610. The number of rotatable bonds is 8. The van der Waals surface area contributed by atoms with Crippen LogP contribution in [0.5, 0.6) is 0 Å². The Kier molecular flexibility index (Phi) is 8.07. The van der Waals surface area contributed by atoms with E-state index in [1.807, 2.05) is 0 Å². The van der Waals surface area contributed by atoms with Gasteiger partial charge in [-0.2, -0.15) is 0 Å². The van der Waals surface area contributed by atoms with E-state index in [4.69, 9.17) is 10.5 Å². The number of carbonyl (C=O) groups excluding carboxylic acids is 1. The summed E-state index contributed by atoms with van der Waals surface area (Å²) in [6.07, 6.45) is 6.02. The number of nitrogens with two attached hydrogens (primary N) is 1. The molecule has 3 N–H and O–H groups in total. The molecule has 3 unspecified atom stereocenters. The van der Waals surface area contributed by atoms with Crippen molar-refractivity contribution in [2.75, 3.05) is 19.8 Å². The molecule has 112 valence electrons. The van der Waals surface area contributed by atoms with Gasteiger partial charge in [-0.3, -0.25) is 4.79 Å². The Balaban J connectivity index is 2.04. The zero-order chi connectivity index (χ0) is 14.1. The Labute approximate surface area is 117 Å². The number of carbonyl (C=O) groups is 1. The van der Waals surface area contributed by atoms with Crippen LogP contribution in [0.25, 0.3) is 0 Å². The van der Waals surface area contributed by atoms with Gasteiger partial charge in [0.05, 0.1) is 0 Å². The van der Waals surface area contributed by atoms with Gasteiger partial charge in [-0.15, -0.1) is 0 Å². The van der Waals surface area contributed by atoms with E-state index in [1.54, 1.807) is 0 Å². The zero-order valence-electron chi connectivity index (χ0n) is 12.5. The molecule has 19 heavy (non-hydrogen) atoms. The van der Waals surface area contributed by atoms with E-state index in [2.05, 4.69) is 19.2 Å². The fourth-order valence-electron chi connectivity index (χ4n) is 2.54. The number of unbranched alkanes of at least 4 members (excludes halogenated alkanes) is 1. The normalized spacial score (nSPS) is 27.2. The van der Waals surface area contributed by atoms with Crippen molar-refractivity contribution in [3.8, 4) is 0 Å². The van der Waals surface area contributed by atoms with Gasteiger partial charge in [0.15, 0.2) is 0 Å². The van der Waals surface area contributed by atoms with Crippen LogP contribution in [-0.2, 0) is 9.53 Å². The first-order valence-electron chi connectivity index (χ1n) is 7.76. The van der Waals surface area contributed by atoms with Crippen molar-refractivity contribution in [1.29, 1.82) is 0 Å². The van der Waals surface area contributed by atoms with Crippen LogP contribution in [0.2, 0.25) is 0 Å². The number of amides is 1. The topological polar surface area (TPSA) is 64.3 Å². The van der Waals surface area contributed by atoms with Crippen LogP contribution >= 0.6 is 0 Å². The fraction of sp³-hybridized carbons (Fsp3) is 0.933. The third-order valence-corrected chi connectivity index (χ3v) is 4.01. The molecule has 0 saturated heterocycles. The van der Waals surface area contributed by atoms with Crippen LogP contribution in [0.15, 0.2) is 0 Å². The van der Waals surface area contributed by atoms with Crippen molar-refractivity contribution < 1.29 is 9.53 Å². The molecule has 0 bridgehead atoms. The second-order valence-corrected chi connectivity index (χ2v) is 5.76. The summed E-state index contributed by atoms with van der Waals surface area (Å²) >= 11 is 0. The largest absolute Gasteiger partial charge is 0.381 e. The summed E-state index contributed by atoms with van der Waals surface area (Å²) in [7, 11) is 0. The Bertz CT molecular complexity index is 259. The maximum Gasteiger partial charge on any atom is 0.223 e. The third-order valence-electron chi connectivity index (χ3n) is 4.01. The van der Waals surface area contributed by atoms with Crippen molar-refractivity contribution in [2.45, 2.75) is 58.4 Å². The van der Waals surface area contributed by atoms with E-state index in [-0.39, 0.29) is 17.9 Å². The predicted octanol–water partition coefficient (Wildman–Crippen LogP) is 2.07. The average molecular weight is 270 g/mol. The fourth-order valence-corrected chi connectivity index (χ4v) is 2.54. The van der Waals surface area contributed by atoms with Gasteiger partial charge < -0.3 is 15.8 Å². The summed E-state index contributed by atoms with van der Waals surface area (Å²) in [5, 5.41) is 3.02. The molecule has 1 rings (SSSR count). The lowest BCUT2D eigenvalue weighted by Gasteiger charge is -2.31. The molecule has 1 saturated carbocycles. The molecule has 0 spiro atoms. The Morgan fingerprint density at radius 1 is 1.32 bits per heavy atom. The lowest BCUT2D eigenvalue weighted by molar-refractivity contribution is -0.126.